The molecule has 0 fully saturated rings. The van der Waals surface area contributed by atoms with Crippen LogP contribution in [-0.2, 0) is 0 Å². The van der Waals surface area contributed by atoms with Crippen molar-refractivity contribution in [1.82, 2.24) is 0 Å². The first-order valence-electron chi connectivity index (χ1n) is 3.03. The molecule has 0 aliphatic heterocycles. The van der Waals surface area contributed by atoms with Crippen LogP contribution >= 0.6 is 15.9 Å². The molecule has 0 spiro atoms. The Morgan fingerprint density at radius 2 is 2.38 bits per heavy atom. The lowest BCUT2D eigenvalue weighted by molar-refractivity contribution is 0.627. The summed E-state index contributed by atoms with van der Waals surface area (Å²) in [4.78, 5) is 0. The molecule has 8 heavy (non-hydrogen) atoms. The van der Waals surface area contributed by atoms with Crippen molar-refractivity contribution < 1.29 is 7.13 Å². The number of hydrogen-bond donors (Lipinski definition) is 0. The van der Waals surface area contributed by atoms with Crippen molar-refractivity contribution >= 4 is 15.9 Å². The standard InChI is InChI=1S/C6H4BrF/c7-5-2-1-3-6(8)4-5/h1-4H/i1D,4D. The van der Waals surface area contributed by atoms with Gasteiger partial charge in [0.25, 0.3) is 0 Å². The highest BCUT2D eigenvalue weighted by Crippen LogP contribution is 2.09. The van der Waals surface area contributed by atoms with E-state index in [-0.39, 0.29) is 12.1 Å². The van der Waals surface area contributed by atoms with Gasteiger partial charge in [-0.1, -0.05) is 22.0 Å². The van der Waals surface area contributed by atoms with Gasteiger partial charge in [-0.25, -0.2) is 4.39 Å². The van der Waals surface area contributed by atoms with Gasteiger partial charge in [-0.3, -0.25) is 0 Å². The van der Waals surface area contributed by atoms with Crippen LogP contribution in [0.15, 0.2) is 28.7 Å². The molecule has 0 aliphatic carbocycles. The van der Waals surface area contributed by atoms with Crippen molar-refractivity contribution in [2.45, 2.75) is 0 Å². The van der Waals surface area contributed by atoms with E-state index in [1.54, 1.807) is 0 Å². The van der Waals surface area contributed by atoms with E-state index < -0.39 is 5.82 Å². The van der Waals surface area contributed by atoms with Crippen molar-refractivity contribution in [1.29, 1.82) is 0 Å². The van der Waals surface area contributed by atoms with Crippen LogP contribution in [0.5, 0.6) is 0 Å². The number of benzene rings is 1. The third-order valence-corrected chi connectivity index (χ3v) is 1.09. The van der Waals surface area contributed by atoms with Crippen LogP contribution in [0.2, 0.25) is 0 Å². The summed E-state index contributed by atoms with van der Waals surface area (Å²) in [5.74, 6) is -0.667. The summed E-state index contributed by atoms with van der Waals surface area (Å²) in [5, 5.41) is 0. The maximum absolute atomic E-state index is 12.5. The molecular formula is C6H4BrF. The highest BCUT2D eigenvalue weighted by Gasteiger charge is 1.86. The molecule has 0 bridgehead atoms. The molecule has 42 valence electrons. The summed E-state index contributed by atoms with van der Waals surface area (Å²) < 4.78 is 26.9. The fourth-order valence-corrected chi connectivity index (χ4v) is 0.696. The maximum atomic E-state index is 12.5. The molecule has 0 nitrogen and oxygen atoms in total. The molecule has 0 saturated heterocycles. The summed E-state index contributed by atoms with van der Waals surface area (Å²) in [6.07, 6.45) is 0. The van der Waals surface area contributed by atoms with Crippen LogP contribution in [0.1, 0.15) is 2.74 Å². The normalized spacial score (nSPS) is 12.8. The van der Waals surface area contributed by atoms with Crippen molar-refractivity contribution in [2.75, 3.05) is 0 Å². The molecule has 0 unspecified atom stereocenters. The van der Waals surface area contributed by atoms with Gasteiger partial charge in [0.2, 0.25) is 0 Å². The van der Waals surface area contributed by atoms with Gasteiger partial charge in [0.1, 0.15) is 5.82 Å². The second-order valence-electron chi connectivity index (χ2n) is 1.28. The van der Waals surface area contributed by atoms with Crippen molar-refractivity contribution in [3.05, 3.63) is 34.5 Å². The molecule has 1 rings (SSSR count). The van der Waals surface area contributed by atoms with Gasteiger partial charge in [0.05, 0.1) is 2.74 Å². The van der Waals surface area contributed by atoms with Crippen LogP contribution in [0, 0.1) is 5.82 Å². The van der Waals surface area contributed by atoms with Crippen molar-refractivity contribution in [3.8, 4) is 0 Å². The molecular weight excluding hydrogens is 171 g/mol. The second kappa shape index (κ2) is 2.27. The van der Waals surface area contributed by atoms with E-state index in [0.717, 1.165) is 6.07 Å². The van der Waals surface area contributed by atoms with E-state index in [9.17, 15) is 4.39 Å². The van der Waals surface area contributed by atoms with Crippen molar-refractivity contribution in [2.24, 2.45) is 0 Å². The zero-order valence-electron chi connectivity index (χ0n) is 5.91. The summed E-state index contributed by atoms with van der Waals surface area (Å²) in [5.41, 5.74) is 0. The summed E-state index contributed by atoms with van der Waals surface area (Å²) in [6, 6.07) is 2.26. The Balaban J connectivity index is 3.31. The minimum Gasteiger partial charge on any atom is -0.207 e. The van der Waals surface area contributed by atoms with Crippen LogP contribution in [0.4, 0.5) is 4.39 Å². The Hall–Kier alpha value is -0.370. The van der Waals surface area contributed by atoms with Crippen LogP contribution in [0.25, 0.3) is 0 Å². The van der Waals surface area contributed by atoms with Gasteiger partial charge < -0.3 is 0 Å². The molecule has 1 aromatic carbocycles. The molecule has 1 aromatic rings. The van der Waals surface area contributed by atoms with Gasteiger partial charge in [0.15, 0.2) is 0 Å². The van der Waals surface area contributed by atoms with E-state index in [0.29, 0.717) is 4.47 Å². The van der Waals surface area contributed by atoms with E-state index >= 15 is 0 Å². The number of rotatable bonds is 0. The maximum Gasteiger partial charge on any atom is 0.124 e. The van der Waals surface area contributed by atoms with Gasteiger partial charge in [0, 0.05) is 4.47 Å². The minimum absolute atomic E-state index is 0.0698. The highest BCUT2D eigenvalue weighted by atomic mass is 79.9. The average molecular weight is 177 g/mol. The quantitative estimate of drug-likeness (QED) is 0.571. The molecule has 0 radical (unpaired) electrons. The van der Waals surface area contributed by atoms with Gasteiger partial charge in [-0.05, 0) is 18.2 Å². The summed E-state index contributed by atoms with van der Waals surface area (Å²) in [7, 11) is 0. The van der Waals surface area contributed by atoms with Crippen LogP contribution in [-0.4, -0.2) is 0 Å². The molecule has 0 atom stereocenters. The zero-order chi connectivity index (χ0) is 7.72. The van der Waals surface area contributed by atoms with Crippen molar-refractivity contribution in [3.63, 3.8) is 0 Å². The highest BCUT2D eigenvalue weighted by molar-refractivity contribution is 9.10. The SMILES string of the molecule is [2H]c1cc(F)c([2H])c(Br)c1. The Bertz CT molecular complexity index is 239. The first-order valence-corrected chi connectivity index (χ1v) is 2.83. The predicted octanol–water partition coefficient (Wildman–Crippen LogP) is 2.59. The molecule has 0 N–H and O–H groups in total. The molecule has 0 aromatic heterocycles. The molecule has 0 heterocycles. The Morgan fingerprint density at radius 1 is 1.62 bits per heavy atom. The first kappa shape index (κ1) is 3.62. The Kier molecular flexibility index (Phi) is 1.02. The lowest BCUT2D eigenvalue weighted by atomic mass is 10.4. The lowest BCUT2D eigenvalue weighted by Crippen LogP contribution is -1.68. The van der Waals surface area contributed by atoms with E-state index in [1.807, 2.05) is 0 Å². The monoisotopic (exact) mass is 176 g/mol. The summed E-state index contributed by atoms with van der Waals surface area (Å²) >= 11 is 2.95. The second-order valence-corrected chi connectivity index (χ2v) is 2.13. The third-order valence-electron chi connectivity index (χ3n) is 0.659. The molecule has 0 saturated carbocycles. The van der Waals surface area contributed by atoms with E-state index in [1.165, 1.54) is 6.07 Å². The largest absolute Gasteiger partial charge is 0.207 e. The first-order chi connectivity index (χ1) is 4.61. The predicted molar refractivity (Wildman–Crippen MR) is 34.1 cm³/mol. The topological polar surface area (TPSA) is 0 Å². The fourth-order valence-electron chi connectivity index (χ4n) is 0.374. The third kappa shape index (κ3) is 1.30. The zero-order valence-corrected chi connectivity index (χ0v) is 5.50. The summed E-state index contributed by atoms with van der Waals surface area (Å²) in [6.45, 7) is 0. The number of hydrogen-bond acceptors (Lipinski definition) is 0. The Labute approximate surface area is 58.3 Å². The molecule has 0 aliphatic rings. The van der Waals surface area contributed by atoms with Gasteiger partial charge >= 0.3 is 0 Å². The average Bonchev–Trinajstić information content (AvgIpc) is 1.82. The van der Waals surface area contributed by atoms with E-state index in [2.05, 4.69) is 15.9 Å². The number of halogens is 2. The molecule has 2 heteroatoms. The Morgan fingerprint density at radius 3 is 3.00 bits per heavy atom. The van der Waals surface area contributed by atoms with E-state index in [4.69, 9.17) is 2.74 Å². The smallest absolute Gasteiger partial charge is 0.124 e. The van der Waals surface area contributed by atoms with Gasteiger partial charge in [-0.2, -0.15) is 0 Å². The fraction of sp³-hybridized carbons (Fsp3) is 0. The van der Waals surface area contributed by atoms with Crippen LogP contribution in [0.3, 0.4) is 0 Å². The van der Waals surface area contributed by atoms with Crippen LogP contribution < -0.4 is 0 Å². The van der Waals surface area contributed by atoms with Gasteiger partial charge in [-0.15, -0.1) is 0 Å². The lowest BCUT2D eigenvalue weighted by Gasteiger charge is -1.85. The molecule has 0 amide bonds. The minimum atomic E-state index is -0.667.